The first-order chi connectivity index (χ1) is 7.93. The van der Waals surface area contributed by atoms with Crippen LogP contribution in [-0.2, 0) is 14.4 Å². The molecule has 0 radical (unpaired) electrons. The number of carbonyl (C=O) groups is 3. The molecule has 0 aromatic carbocycles. The number of likely N-dealkylation sites (tertiary alicyclic amines) is 1. The molecule has 2 atom stereocenters. The molecule has 1 aliphatic rings. The second kappa shape index (κ2) is 5.62. The van der Waals surface area contributed by atoms with Crippen molar-refractivity contribution in [1.29, 1.82) is 0 Å². The Labute approximate surface area is 98.2 Å². The Hall–Kier alpha value is -1.63. The van der Waals surface area contributed by atoms with Crippen LogP contribution in [0.25, 0.3) is 0 Å². The standard InChI is InChI=1S/C10H16N2O5/c11-9(15)6-2-1-5-12(6)7(10(16)17)3-4-8(13)14/h6-7H,1-5H2,(H2,11,15)(H,13,14)(H,16,17)/t6-,7?/m0/s1. The second-order valence-corrected chi connectivity index (χ2v) is 4.08. The van der Waals surface area contributed by atoms with Crippen LogP contribution in [0.4, 0.5) is 0 Å². The minimum absolute atomic E-state index is 0.0194. The molecule has 1 amide bonds. The van der Waals surface area contributed by atoms with E-state index in [2.05, 4.69) is 0 Å². The average Bonchev–Trinajstić information content (AvgIpc) is 2.65. The van der Waals surface area contributed by atoms with E-state index in [1.54, 1.807) is 0 Å². The van der Waals surface area contributed by atoms with E-state index in [0.717, 1.165) is 0 Å². The summed E-state index contributed by atoms with van der Waals surface area (Å²) in [5.41, 5.74) is 5.19. The van der Waals surface area contributed by atoms with Crippen LogP contribution >= 0.6 is 0 Å². The highest BCUT2D eigenvalue weighted by molar-refractivity contribution is 5.82. The Morgan fingerprint density at radius 1 is 1.35 bits per heavy atom. The number of hydrogen-bond acceptors (Lipinski definition) is 4. The van der Waals surface area contributed by atoms with Gasteiger partial charge in [0.15, 0.2) is 0 Å². The van der Waals surface area contributed by atoms with E-state index < -0.39 is 29.9 Å². The fourth-order valence-corrected chi connectivity index (χ4v) is 2.16. The first kappa shape index (κ1) is 13.4. The van der Waals surface area contributed by atoms with Crippen LogP contribution < -0.4 is 5.73 Å². The number of rotatable bonds is 6. The molecule has 4 N–H and O–H groups in total. The number of nitrogens with two attached hydrogens (primary N) is 1. The van der Waals surface area contributed by atoms with Gasteiger partial charge in [-0.1, -0.05) is 0 Å². The highest BCUT2D eigenvalue weighted by Crippen LogP contribution is 2.22. The monoisotopic (exact) mass is 244 g/mol. The molecule has 1 saturated heterocycles. The summed E-state index contributed by atoms with van der Waals surface area (Å²) in [6.07, 6.45) is 0.976. The smallest absolute Gasteiger partial charge is 0.320 e. The van der Waals surface area contributed by atoms with Crippen molar-refractivity contribution in [2.75, 3.05) is 6.54 Å². The van der Waals surface area contributed by atoms with Crippen LogP contribution in [0.15, 0.2) is 0 Å². The maximum absolute atomic E-state index is 11.1. The Morgan fingerprint density at radius 3 is 2.47 bits per heavy atom. The number of hydrogen-bond donors (Lipinski definition) is 3. The summed E-state index contributed by atoms with van der Waals surface area (Å²) in [6.45, 7) is 0.462. The summed E-state index contributed by atoms with van der Waals surface area (Å²) in [4.78, 5) is 34.2. The third kappa shape index (κ3) is 3.42. The lowest BCUT2D eigenvalue weighted by atomic mass is 10.1. The van der Waals surface area contributed by atoms with E-state index in [9.17, 15) is 14.4 Å². The van der Waals surface area contributed by atoms with Crippen molar-refractivity contribution in [1.82, 2.24) is 4.90 Å². The molecule has 96 valence electrons. The van der Waals surface area contributed by atoms with E-state index in [4.69, 9.17) is 15.9 Å². The van der Waals surface area contributed by atoms with Crippen LogP contribution in [-0.4, -0.2) is 51.6 Å². The number of carbonyl (C=O) groups excluding carboxylic acids is 1. The van der Waals surface area contributed by atoms with Crippen molar-refractivity contribution in [3.05, 3.63) is 0 Å². The van der Waals surface area contributed by atoms with Gasteiger partial charge in [0, 0.05) is 6.42 Å². The zero-order chi connectivity index (χ0) is 13.0. The molecule has 0 spiro atoms. The molecular weight excluding hydrogens is 228 g/mol. The van der Waals surface area contributed by atoms with Gasteiger partial charge in [-0.15, -0.1) is 0 Å². The summed E-state index contributed by atoms with van der Waals surface area (Å²) < 4.78 is 0. The van der Waals surface area contributed by atoms with E-state index >= 15 is 0 Å². The summed E-state index contributed by atoms with van der Waals surface area (Å²) >= 11 is 0. The predicted octanol–water partition coefficient (Wildman–Crippen LogP) is -0.746. The van der Waals surface area contributed by atoms with Crippen molar-refractivity contribution in [2.24, 2.45) is 5.73 Å². The van der Waals surface area contributed by atoms with Crippen LogP contribution in [0.5, 0.6) is 0 Å². The third-order valence-corrected chi connectivity index (χ3v) is 2.94. The topological polar surface area (TPSA) is 121 Å². The minimum Gasteiger partial charge on any atom is -0.481 e. The largest absolute Gasteiger partial charge is 0.481 e. The number of primary amides is 1. The van der Waals surface area contributed by atoms with E-state index in [1.807, 2.05) is 0 Å². The van der Waals surface area contributed by atoms with Crippen LogP contribution in [0.3, 0.4) is 0 Å². The van der Waals surface area contributed by atoms with E-state index in [1.165, 1.54) is 4.90 Å². The van der Waals surface area contributed by atoms with Crippen molar-refractivity contribution in [3.63, 3.8) is 0 Å². The molecule has 1 aliphatic heterocycles. The molecule has 7 heteroatoms. The third-order valence-electron chi connectivity index (χ3n) is 2.94. The molecule has 0 bridgehead atoms. The van der Waals surface area contributed by atoms with Crippen LogP contribution in [0.1, 0.15) is 25.7 Å². The molecule has 0 aromatic rings. The van der Waals surface area contributed by atoms with Gasteiger partial charge in [0.1, 0.15) is 6.04 Å². The number of carboxylic acids is 2. The number of carboxylic acid groups (broad SMARTS) is 2. The van der Waals surface area contributed by atoms with Crippen LogP contribution in [0.2, 0.25) is 0 Å². The molecule has 0 aliphatic carbocycles. The highest BCUT2D eigenvalue weighted by atomic mass is 16.4. The SMILES string of the molecule is NC(=O)[C@@H]1CCCN1C(CCC(=O)O)C(=O)O. The van der Waals surface area contributed by atoms with Gasteiger partial charge in [0.05, 0.1) is 6.04 Å². The molecule has 0 saturated carbocycles. The summed E-state index contributed by atoms with van der Waals surface area (Å²) in [6, 6.07) is -1.55. The maximum Gasteiger partial charge on any atom is 0.320 e. The molecule has 1 rings (SSSR count). The Bertz CT molecular complexity index is 331. The van der Waals surface area contributed by atoms with Crippen molar-refractivity contribution in [3.8, 4) is 0 Å². The fraction of sp³-hybridized carbons (Fsp3) is 0.700. The van der Waals surface area contributed by atoms with E-state index in [-0.39, 0.29) is 12.8 Å². The first-order valence-corrected chi connectivity index (χ1v) is 5.43. The lowest BCUT2D eigenvalue weighted by Crippen LogP contribution is -2.49. The van der Waals surface area contributed by atoms with Gasteiger partial charge in [-0.3, -0.25) is 19.3 Å². The average molecular weight is 244 g/mol. The summed E-state index contributed by atoms with van der Waals surface area (Å²) in [5, 5.41) is 17.6. The first-order valence-electron chi connectivity index (χ1n) is 5.43. The highest BCUT2D eigenvalue weighted by Gasteiger charge is 2.37. The van der Waals surface area contributed by atoms with E-state index in [0.29, 0.717) is 19.4 Å². The van der Waals surface area contributed by atoms with Gasteiger partial charge < -0.3 is 15.9 Å². The van der Waals surface area contributed by atoms with Crippen molar-refractivity contribution < 1.29 is 24.6 Å². The summed E-state index contributed by atoms with van der Waals surface area (Å²) in [5.74, 6) is -2.71. The van der Waals surface area contributed by atoms with Gasteiger partial charge in [0.2, 0.25) is 5.91 Å². The number of nitrogens with zero attached hydrogens (tertiary/aromatic N) is 1. The molecular formula is C10H16N2O5. The van der Waals surface area contributed by atoms with Gasteiger partial charge in [-0.25, -0.2) is 0 Å². The lowest BCUT2D eigenvalue weighted by molar-refractivity contribution is -0.145. The molecule has 1 heterocycles. The molecule has 7 nitrogen and oxygen atoms in total. The van der Waals surface area contributed by atoms with Gasteiger partial charge in [-0.2, -0.15) is 0 Å². The fourth-order valence-electron chi connectivity index (χ4n) is 2.16. The van der Waals surface area contributed by atoms with Crippen molar-refractivity contribution >= 4 is 17.8 Å². The van der Waals surface area contributed by atoms with Gasteiger partial charge in [0.25, 0.3) is 0 Å². The normalized spacial score (nSPS) is 22.2. The van der Waals surface area contributed by atoms with Gasteiger partial charge >= 0.3 is 11.9 Å². The van der Waals surface area contributed by atoms with Gasteiger partial charge in [-0.05, 0) is 25.8 Å². The van der Waals surface area contributed by atoms with Crippen LogP contribution in [0, 0.1) is 0 Å². The zero-order valence-electron chi connectivity index (χ0n) is 9.33. The van der Waals surface area contributed by atoms with Crippen molar-refractivity contribution in [2.45, 2.75) is 37.8 Å². The quantitative estimate of drug-likeness (QED) is 0.565. The molecule has 0 aromatic heterocycles. The molecule has 17 heavy (non-hydrogen) atoms. The Morgan fingerprint density at radius 2 is 2.00 bits per heavy atom. The number of aliphatic carboxylic acids is 2. The summed E-state index contributed by atoms with van der Waals surface area (Å²) in [7, 11) is 0. The Balaban J connectivity index is 2.72. The second-order valence-electron chi connectivity index (χ2n) is 4.08. The predicted molar refractivity (Wildman–Crippen MR) is 57.2 cm³/mol. The molecule has 1 unspecified atom stereocenters. The number of amides is 1. The minimum atomic E-state index is -1.11. The maximum atomic E-state index is 11.1. The Kier molecular flexibility index (Phi) is 4.45. The zero-order valence-corrected chi connectivity index (χ0v) is 9.33. The lowest BCUT2D eigenvalue weighted by Gasteiger charge is -2.28. The molecule has 1 fully saturated rings.